The molecule has 100 valence electrons. The first kappa shape index (κ1) is 11.7. The Morgan fingerprint density at radius 2 is 2.10 bits per heavy atom. The van der Waals surface area contributed by atoms with E-state index in [-0.39, 0.29) is 5.92 Å². The molecule has 2 heterocycles. The van der Waals surface area contributed by atoms with Crippen molar-refractivity contribution in [2.75, 3.05) is 6.54 Å². The number of aryl methyl sites for hydroxylation is 1. The molecule has 1 aliphatic heterocycles. The molecule has 1 aliphatic rings. The van der Waals surface area contributed by atoms with Crippen LogP contribution in [0.4, 0.5) is 0 Å². The maximum Gasteiger partial charge on any atom is 0.204 e. The average molecular weight is 264 g/mol. The Kier molecular flexibility index (Phi) is 2.60. The molecule has 1 aromatic heterocycles. The van der Waals surface area contributed by atoms with Crippen LogP contribution >= 0.6 is 0 Å². The number of fused-ring (bicyclic) bond motifs is 2. The molecule has 0 fully saturated rings. The molecule has 0 bridgehead atoms. The number of nitrogens with one attached hydrogen (secondary N) is 1. The number of rotatable bonds is 1. The lowest BCUT2D eigenvalue weighted by Gasteiger charge is -2.23. The number of oxazole rings is 1. The Balaban J connectivity index is 1.84. The molecule has 0 amide bonds. The van der Waals surface area contributed by atoms with Gasteiger partial charge in [0.2, 0.25) is 5.89 Å². The fraction of sp³-hybridized carbons (Fsp3) is 0.235. The molecule has 3 nitrogen and oxygen atoms in total. The number of aromatic nitrogens is 1. The SMILES string of the molecule is Cc1ccc2nc(C3CNCc4ccccc43)oc2c1. The van der Waals surface area contributed by atoms with Crippen molar-refractivity contribution in [3.63, 3.8) is 0 Å². The van der Waals surface area contributed by atoms with Crippen molar-refractivity contribution in [1.29, 1.82) is 0 Å². The third-order valence-corrected chi connectivity index (χ3v) is 3.95. The molecule has 0 saturated heterocycles. The van der Waals surface area contributed by atoms with Crippen molar-refractivity contribution < 1.29 is 4.42 Å². The lowest BCUT2D eigenvalue weighted by atomic mass is 9.91. The first-order valence-corrected chi connectivity index (χ1v) is 6.97. The van der Waals surface area contributed by atoms with E-state index < -0.39 is 0 Å². The summed E-state index contributed by atoms with van der Waals surface area (Å²) in [5.41, 5.74) is 5.68. The van der Waals surface area contributed by atoms with E-state index in [1.54, 1.807) is 0 Å². The molecule has 0 saturated carbocycles. The van der Waals surface area contributed by atoms with Gasteiger partial charge in [-0.2, -0.15) is 0 Å². The molecule has 4 rings (SSSR count). The molecule has 2 aromatic carbocycles. The fourth-order valence-electron chi connectivity index (χ4n) is 2.92. The van der Waals surface area contributed by atoms with Gasteiger partial charge < -0.3 is 9.73 Å². The van der Waals surface area contributed by atoms with Crippen LogP contribution in [-0.2, 0) is 6.54 Å². The molecule has 0 radical (unpaired) electrons. The maximum atomic E-state index is 5.99. The molecule has 3 aromatic rings. The van der Waals surface area contributed by atoms with Gasteiger partial charge in [-0.05, 0) is 35.7 Å². The first-order chi connectivity index (χ1) is 9.81. The fourth-order valence-corrected chi connectivity index (χ4v) is 2.92. The van der Waals surface area contributed by atoms with Crippen molar-refractivity contribution in [2.24, 2.45) is 0 Å². The zero-order chi connectivity index (χ0) is 13.5. The maximum absolute atomic E-state index is 5.99. The number of benzene rings is 2. The minimum absolute atomic E-state index is 0.202. The van der Waals surface area contributed by atoms with Crippen LogP contribution in [0.15, 0.2) is 46.9 Å². The molecular formula is C17H16N2O. The summed E-state index contributed by atoms with van der Waals surface area (Å²) in [4.78, 5) is 4.67. The molecule has 1 atom stereocenters. The van der Waals surface area contributed by atoms with Crippen molar-refractivity contribution in [1.82, 2.24) is 10.3 Å². The van der Waals surface area contributed by atoms with Crippen molar-refractivity contribution in [2.45, 2.75) is 19.4 Å². The molecule has 1 unspecified atom stereocenters. The second kappa shape index (κ2) is 4.46. The number of hydrogen-bond acceptors (Lipinski definition) is 3. The molecular weight excluding hydrogens is 248 g/mol. The van der Waals surface area contributed by atoms with E-state index in [4.69, 9.17) is 4.42 Å². The van der Waals surface area contributed by atoms with Crippen LogP contribution in [0.1, 0.15) is 28.5 Å². The minimum atomic E-state index is 0.202. The predicted molar refractivity (Wildman–Crippen MR) is 78.7 cm³/mol. The monoisotopic (exact) mass is 264 g/mol. The zero-order valence-corrected chi connectivity index (χ0v) is 11.4. The molecule has 0 spiro atoms. The predicted octanol–water partition coefficient (Wildman–Crippen LogP) is 3.37. The molecule has 20 heavy (non-hydrogen) atoms. The molecule has 3 heteroatoms. The van der Waals surface area contributed by atoms with Crippen LogP contribution in [0.2, 0.25) is 0 Å². The summed E-state index contributed by atoms with van der Waals surface area (Å²) in [5.74, 6) is 1.01. The smallest absolute Gasteiger partial charge is 0.204 e. The van der Waals surface area contributed by atoms with Crippen molar-refractivity contribution >= 4 is 11.1 Å². The van der Waals surface area contributed by atoms with Gasteiger partial charge in [0.25, 0.3) is 0 Å². The lowest BCUT2D eigenvalue weighted by Crippen LogP contribution is -2.28. The van der Waals surface area contributed by atoms with Crippen LogP contribution in [0.25, 0.3) is 11.1 Å². The van der Waals surface area contributed by atoms with Gasteiger partial charge in [0.05, 0.1) is 5.92 Å². The summed E-state index contributed by atoms with van der Waals surface area (Å²) in [6.45, 7) is 3.87. The summed E-state index contributed by atoms with van der Waals surface area (Å²) in [6.07, 6.45) is 0. The third-order valence-electron chi connectivity index (χ3n) is 3.95. The second-order valence-corrected chi connectivity index (χ2v) is 5.41. The largest absolute Gasteiger partial charge is 0.440 e. The first-order valence-electron chi connectivity index (χ1n) is 6.97. The van der Waals surface area contributed by atoms with E-state index in [0.717, 1.165) is 30.1 Å². The van der Waals surface area contributed by atoms with E-state index >= 15 is 0 Å². The third kappa shape index (κ3) is 1.82. The topological polar surface area (TPSA) is 38.1 Å². The highest BCUT2D eigenvalue weighted by atomic mass is 16.3. The highest BCUT2D eigenvalue weighted by Crippen LogP contribution is 2.31. The lowest BCUT2D eigenvalue weighted by molar-refractivity contribution is 0.464. The van der Waals surface area contributed by atoms with Crippen LogP contribution in [0.3, 0.4) is 0 Å². The van der Waals surface area contributed by atoms with E-state index in [9.17, 15) is 0 Å². The van der Waals surface area contributed by atoms with E-state index in [1.165, 1.54) is 16.7 Å². The van der Waals surface area contributed by atoms with E-state index in [1.807, 2.05) is 12.1 Å². The summed E-state index contributed by atoms with van der Waals surface area (Å²) in [5, 5.41) is 3.45. The normalized spacial score (nSPS) is 18.1. The standard InChI is InChI=1S/C17H16N2O/c1-11-6-7-15-16(8-11)20-17(19-15)14-10-18-9-12-4-2-3-5-13(12)14/h2-8,14,18H,9-10H2,1H3. The van der Waals surface area contributed by atoms with E-state index in [2.05, 4.69) is 47.6 Å². The summed E-state index contributed by atoms with van der Waals surface area (Å²) in [7, 11) is 0. The minimum Gasteiger partial charge on any atom is -0.440 e. The van der Waals surface area contributed by atoms with Gasteiger partial charge in [-0.25, -0.2) is 4.98 Å². The summed E-state index contributed by atoms with van der Waals surface area (Å²) >= 11 is 0. The van der Waals surface area contributed by atoms with Gasteiger partial charge in [-0.1, -0.05) is 30.3 Å². The Hall–Kier alpha value is -2.13. The Labute approximate surface area is 117 Å². The summed E-state index contributed by atoms with van der Waals surface area (Å²) in [6, 6.07) is 14.7. The van der Waals surface area contributed by atoms with Gasteiger partial charge in [-0.3, -0.25) is 0 Å². The molecule has 1 N–H and O–H groups in total. The average Bonchev–Trinajstić information content (AvgIpc) is 2.89. The highest BCUT2D eigenvalue weighted by molar-refractivity contribution is 5.73. The van der Waals surface area contributed by atoms with Gasteiger partial charge in [0.15, 0.2) is 5.58 Å². The van der Waals surface area contributed by atoms with Gasteiger partial charge >= 0.3 is 0 Å². The highest BCUT2D eigenvalue weighted by Gasteiger charge is 2.25. The van der Waals surface area contributed by atoms with Crippen LogP contribution in [-0.4, -0.2) is 11.5 Å². The van der Waals surface area contributed by atoms with Gasteiger partial charge in [0.1, 0.15) is 5.52 Å². The van der Waals surface area contributed by atoms with Crippen LogP contribution < -0.4 is 5.32 Å². The Morgan fingerprint density at radius 1 is 1.20 bits per heavy atom. The van der Waals surface area contributed by atoms with Gasteiger partial charge in [-0.15, -0.1) is 0 Å². The second-order valence-electron chi connectivity index (χ2n) is 5.41. The van der Waals surface area contributed by atoms with Crippen molar-refractivity contribution in [3.05, 3.63) is 65.0 Å². The van der Waals surface area contributed by atoms with Crippen molar-refractivity contribution in [3.8, 4) is 0 Å². The zero-order valence-electron chi connectivity index (χ0n) is 11.4. The Bertz CT molecular complexity index is 776. The molecule has 0 aliphatic carbocycles. The van der Waals surface area contributed by atoms with Crippen LogP contribution in [0.5, 0.6) is 0 Å². The number of hydrogen-bond donors (Lipinski definition) is 1. The summed E-state index contributed by atoms with van der Waals surface area (Å²) < 4.78 is 5.99. The Morgan fingerprint density at radius 3 is 3.05 bits per heavy atom. The van der Waals surface area contributed by atoms with Crippen LogP contribution in [0, 0.1) is 6.92 Å². The number of nitrogens with zero attached hydrogens (tertiary/aromatic N) is 1. The quantitative estimate of drug-likeness (QED) is 0.732. The van der Waals surface area contributed by atoms with E-state index in [0.29, 0.717) is 0 Å². The van der Waals surface area contributed by atoms with Gasteiger partial charge in [0, 0.05) is 13.1 Å².